The minimum atomic E-state index is 0.458. The Balaban J connectivity index is 1.58. The summed E-state index contributed by atoms with van der Waals surface area (Å²) in [5.74, 6) is 1.57. The van der Waals surface area contributed by atoms with E-state index in [1.807, 2.05) is 0 Å². The van der Waals surface area contributed by atoms with Crippen molar-refractivity contribution in [1.29, 1.82) is 0 Å². The van der Waals surface area contributed by atoms with E-state index in [1.54, 1.807) is 11.3 Å². The Labute approximate surface area is 149 Å². The quantitative estimate of drug-likeness (QED) is 0.698. The predicted octanol–water partition coefficient (Wildman–Crippen LogP) is 4.92. The fourth-order valence-corrected chi connectivity index (χ4v) is 5.53. The Morgan fingerprint density at radius 1 is 1.25 bits per heavy atom. The molecule has 2 saturated carbocycles. The van der Waals surface area contributed by atoms with E-state index in [1.165, 1.54) is 56.2 Å². The first-order chi connectivity index (χ1) is 11.6. The van der Waals surface area contributed by atoms with E-state index in [9.17, 15) is 0 Å². The third-order valence-corrected chi connectivity index (χ3v) is 7.50. The molecule has 1 aromatic heterocycles. The molecule has 4 aliphatic rings. The molecule has 130 valence electrons. The van der Waals surface area contributed by atoms with Crippen LogP contribution in [0.2, 0.25) is 0 Å². The third kappa shape index (κ3) is 2.83. The van der Waals surface area contributed by atoms with Gasteiger partial charge in [0, 0.05) is 5.38 Å². The Morgan fingerprint density at radius 2 is 2.04 bits per heavy atom. The minimum Gasteiger partial charge on any atom is -0.254 e. The highest BCUT2D eigenvalue weighted by Crippen LogP contribution is 2.58. The maximum Gasteiger partial charge on any atom is 0.206 e. The van der Waals surface area contributed by atoms with Crippen molar-refractivity contribution in [3.8, 4) is 0 Å². The SMILES string of the molecule is Cc1csc(=NC2CCCCC2)n1N=CC1=CCC2CC1C2(C)C. The molecule has 5 rings (SSSR count). The highest BCUT2D eigenvalue weighted by Gasteiger charge is 2.50. The van der Waals surface area contributed by atoms with Gasteiger partial charge >= 0.3 is 0 Å². The van der Waals surface area contributed by atoms with Crippen LogP contribution >= 0.6 is 11.3 Å². The molecule has 0 aliphatic heterocycles. The first-order valence-electron chi connectivity index (χ1n) is 9.51. The highest BCUT2D eigenvalue weighted by molar-refractivity contribution is 7.07. The molecule has 24 heavy (non-hydrogen) atoms. The summed E-state index contributed by atoms with van der Waals surface area (Å²) in [6.07, 6.45) is 13.6. The van der Waals surface area contributed by atoms with E-state index >= 15 is 0 Å². The van der Waals surface area contributed by atoms with Crippen LogP contribution in [0.5, 0.6) is 0 Å². The second-order valence-corrected chi connectivity index (χ2v) is 9.22. The van der Waals surface area contributed by atoms with E-state index in [0.29, 0.717) is 17.4 Å². The van der Waals surface area contributed by atoms with Crippen molar-refractivity contribution in [2.75, 3.05) is 0 Å². The van der Waals surface area contributed by atoms with Crippen molar-refractivity contribution in [1.82, 2.24) is 4.68 Å². The molecule has 2 unspecified atom stereocenters. The topological polar surface area (TPSA) is 29.6 Å². The van der Waals surface area contributed by atoms with Gasteiger partial charge in [-0.2, -0.15) is 5.10 Å². The molecule has 0 spiro atoms. The van der Waals surface area contributed by atoms with E-state index in [4.69, 9.17) is 10.1 Å². The zero-order valence-electron chi connectivity index (χ0n) is 15.2. The van der Waals surface area contributed by atoms with Gasteiger partial charge in [0.2, 0.25) is 4.80 Å². The number of aromatic nitrogens is 1. The zero-order valence-corrected chi connectivity index (χ0v) is 16.0. The number of hydrogen-bond donors (Lipinski definition) is 0. The van der Waals surface area contributed by atoms with Crippen molar-refractivity contribution in [2.45, 2.75) is 71.8 Å². The van der Waals surface area contributed by atoms with Gasteiger partial charge in [0.05, 0.1) is 18.0 Å². The van der Waals surface area contributed by atoms with Gasteiger partial charge in [-0.3, -0.25) is 4.99 Å². The lowest BCUT2D eigenvalue weighted by molar-refractivity contribution is -0.00127. The van der Waals surface area contributed by atoms with E-state index < -0.39 is 0 Å². The summed E-state index contributed by atoms with van der Waals surface area (Å²) >= 11 is 1.73. The summed E-state index contributed by atoms with van der Waals surface area (Å²) in [7, 11) is 0. The Hall–Kier alpha value is -1.16. The number of thiazole rings is 1. The third-order valence-electron chi connectivity index (χ3n) is 6.55. The van der Waals surface area contributed by atoms with Crippen LogP contribution in [0.25, 0.3) is 0 Å². The highest BCUT2D eigenvalue weighted by atomic mass is 32.1. The normalized spacial score (nSPS) is 30.5. The molecule has 0 amide bonds. The smallest absolute Gasteiger partial charge is 0.206 e. The fraction of sp³-hybridized carbons (Fsp3) is 0.700. The summed E-state index contributed by atoms with van der Waals surface area (Å²) in [5, 5.41) is 7.01. The average Bonchev–Trinajstić information content (AvgIpc) is 2.93. The van der Waals surface area contributed by atoms with Gasteiger partial charge < -0.3 is 0 Å². The summed E-state index contributed by atoms with van der Waals surface area (Å²) in [5.41, 5.74) is 3.08. The number of aryl methyl sites for hydroxylation is 1. The molecular formula is C20H29N3S. The van der Waals surface area contributed by atoms with Crippen molar-refractivity contribution >= 4 is 17.6 Å². The zero-order chi connectivity index (χ0) is 16.7. The molecule has 2 fully saturated rings. The largest absolute Gasteiger partial charge is 0.254 e. The van der Waals surface area contributed by atoms with Gasteiger partial charge in [0.15, 0.2) is 0 Å². The minimum absolute atomic E-state index is 0.458. The van der Waals surface area contributed by atoms with Crippen LogP contribution in [0.3, 0.4) is 0 Å². The lowest BCUT2D eigenvalue weighted by atomic mass is 9.49. The number of nitrogens with zero attached hydrogens (tertiary/aromatic N) is 3. The van der Waals surface area contributed by atoms with E-state index in [2.05, 4.69) is 43.1 Å². The van der Waals surface area contributed by atoms with E-state index in [-0.39, 0.29) is 0 Å². The molecule has 1 aromatic rings. The number of fused-ring (bicyclic) bond motifs is 1. The van der Waals surface area contributed by atoms with Gasteiger partial charge in [-0.05, 0) is 55.4 Å². The van der Waals surface area contributed by atoms with Crippen molar-refractivity contribution in [3.05, 3.63) is 27.5 Å². The van der Waals surface area contributed by atoms with Crippen LogP contribution in [-0.2, 0) is 0 Å². The van der Waals surface area contributed by atoms with Crippen LogP contribution in [0.1, 0.15) is 64.5 Å². The molecule has 2 bridgehead atoms. The maximum atomic E-state index is 5.01. The molecule has 0 aromatic carbocycles. The number of rotatable bonds is 3. The molecule has 4 heteroatoms. The molecule has 0 N–H and O–H groups in total. The van der Waals surface area contributed by atoms with Gasteiger partial charge in [0.25, 0.3) is 0 Å². The fourth-order valence-electron chi connectivity index (χ4n) is 4.65. The van der Waals surface area contributed by atoms with Crippen LogP contribution in [0.4, 0.5) is 0 Å². The van der Waals surface area contributed by atoms with Crippen molar-refractivity contribution < 1.29 is 0 Å². The second kappa shape index (κ2) is 6.29. The lowest BCUT2D eigenvalue weighted by Crippen LogP contribution is -2.48. The molecule has 2 atom stereocenters. The maximum absolute atomic E-state index is 5.01. The van der Waals surface area contributed by atoms with Crippen LogP contribution in [-0.4, -0.2) is 16.9 Å². The standard InChI is InChI=1S/C20H29N3S/c1-14-13-24-19(22-17-7-5-4-6-8-17)23(14)21-12-15-9-10-16-11-18(15)20(16,2)3/h9,12-13,16-18H,4-8,10-11H2,1-3H3. The van der Waals surface area contributed by atoms with Gasteiger partial charge in [0.1, 0.15) is 0 Å². The second-order valence-electron chi connectivity index (χ2n) is 8.38. The molecule has 3 nitrogen and oxygen atoms in total. The summed E-state index contributed by atoms with van der Waals surface area (Å²) in [6.45, 7) is 6.96. The average molecular weight is 344 g/mol. The Morgan fingerprint density at radius 3 is 2.75 bits per heavy atom. The number of allylic oxidation sites excluding steroid dienone is 2. The first-order valence-corrected chi connectivity index (χ1v) is 10.4. The Kier molecular flexibility index (Phi) is 4.27. The van der Waals surface area contributed by atoms with Crippen molar-refractivity contribution in [3.63, 3.8) is 0 Å². The predicted molar refractivity (Wildman–Crippen MR) is 101 cm³/mol. The summed E-state index contributed by atoms with van der Waals surface area (Å²) in [6, 6.07) is 0.499. The Bertz CT molecular complexity index is 728. The van der Waals surface area contributed by atoms with E-state index in [0.717, 1.165) is 10.7 Å². The molecule has 4 aliphatic carbocycles. The lowest BCUT2D eigenvalue weighted by Gasteiger charge is -2.55. The first kappa shape index (κ1) is 16.3. The van der Waals surface area contributed by atoms with Gasteiger partial charge in [-0.25, -0.2) is 4.68 Å². The molecule has 1 heterocycles. The van der Waals surface area contributed by atoms with Crippen molar-refractivity contribution in [2.24, 2.45) is 27.3 Å². The monoisotopic (exact) mass is 343 g/mol. The number of hydrogen-bond acceptors (Lipinski definition) is 3. The van der Waals surface area contributed by atoms with Gasteiger partial charge in [-0.1, -0.05) is 39.2 Å². The van der Waals surface area contributed by atoms with Crippen LogP contribution in [0, 0.1) is 24.2 Å². The van der Waals surface area contributed by atoms with Crippen LogP contribution < -0.4 is 4.80 Å². The molecular weight excluding hydrogens is 314 g/mol. The molecule has 0 radical (unpaired) electrons. The van der Waals surface area contributed by atoms with Crippen LogP contribution in [0.15, 0.2) is 27.1 Å². The van der Waals surface area contributed by atoms with Gasteiger partial charge in [-0.15, -0.1) is 11.3 Å². The molecule has 0 saturated heterocycles. The summed E-state index contributed by atoms with van der Waals surface area (Å²) in [4.78, 5) is 6.08. The summed E-state index contributed by atoms with van der Waals surface area (Å²) < 4.78 is 2.05.